The van der Waals surface area contributed by atoms with Crippen molar-refractivity contribution < 1.29 is 9.32 Å². The average molecular weight is 347 g/mol. The van der Waals surface area contributed by atoms with E-state index in [1.54, 1.807) is 11.7 Å². The van der Waals surface area contributed by atoms with Gasteiger partial charge >= 0.3 is 0 Å². The third-order valence-electron chi connectivity index (χ3n) is 4.30. The minimum atomic E-state index is -0.142. The number of hydrogen-bond acceptors (Lipinski definition) is 7. The molecule has 1 fully saturated rings. The fourth-order valence-corrected chi connectivity index (χ4v) is 2.78. The van der Waals surface area contributed by atoms with Gasteiger partial charge in [-0.25, -0.2) is 4.68 Å². The normalized spacial score (nSPS) is 15.7. The zero-order chi connectivity index (χ0) is 17.8. The molecular formula is C16H25N7O2. The van der Waals surface area contributed by atoms with Crippen LogP contribution >= 0.6 is 0 Å². The Morgan fingerprint density at radius 1 is 1.36 bits per heavy atom. The van der Waals surface area contributed by atoms with Gasteiger partial charge in [-0.1, -0.05) is 19.0 Å². The molecule has 25 heavy (non-hydrogen) atoms. The Kier molecular flexibility index (Phi) is 5.42. The minimum Gasteiger partial charge on any atom is -0.339 e. The van der Waals surface area contributed by atoms with Crippen molar-refractivity contribution >= 4 is 11.9 Å². The molecule has 9 nitrogen and oxygen atoms in total. The van der Waals surface area contributed by atoms with E-state index in [1.807, 2.05) is 13.8 Å². The van der Waals surface area contributed by atoms with Crippen molar-refractivity contribution in [2.45, 2.75) is 51.4 Å². The van der Waals surface area contributed by atoms with Gasteiger partial charge in [0.05, 0.1) is 0 Å². The lowest BCUT2D eigenvalue weighted by atomic mass is 9.98. The largest absolute Gasteiger partial charge is 0.339 e. The number of hydrogen-bond donors (Lipinski definition) is 2. The van der Waals surface area contributed by atoms with Crippen LogP contribution in [0.25, 0.3) is 0 Å². The molecule has 2 N–H and O–H groups in total. The van der Waals surface area contributed by atoms with Gasteiger partial charge in [-0.3, -0.25) is 10.1 Å². The summed E-state index contributed by atoms with van der Waals surface area (Å²) < 4.78 is 6.78. The standard InChI is InChI=1S/C16H25N7O2/c1-10(2)14-19-13(25-22-14)5-4-12(24)18-16-20-15(21-23(16)3)11-6-8-17-9-7-11/h10-11,17H,4-9H2,1-3H3,(H,18,20,21,24). The van der Waals surface area contributed by atoms with Crippen molar-refractivity contribution in [3.8, 4) is 0 Å². The molecule has 1 aliphatic heterocycles. The Morgan fingerprint density at radius 2 is 2.12 bits per heavy atom. The van der Waals surface area contributed by atoms with E-state index >= 15 is 0 Å². The smallest absolute Gasteiger partial charge is 0.227 e. The number of rotatable bonds is 6. The molecule has 0 saturated carbocycles. The molecule has 2 aromatic heterocycles. The lowest BCUT2D eigenvalue weighted by molar-refractivity contribution is -0.116. The summed E-state index contributed by atoms with van der Waals surface area (Å²) in [6.07, 6.45) is 2.71. The van der Waals surface area contributed by atoms with Crippen molar-refractivity contribution in [1.82, 2.24) is 30.2 Å². The van der Waals surface area contributed by atoms with Crippen LogP contribution in [-0.4, -0.2) is 43.9 Å². The number of carbonyl (C=O) groups excluding carboxylic acids is 1. The van der Waals surface area contributed by atoms with Crippen LogP contribution in [0.15, 0.2) is 4.52 Å². The van der Waals surface area contributed by atoms with Crippen molar-refractivity contribution in [3.63, 3.8) is 0 Å². The number of piperidine rings is 1. The Morgan fingerprint density at radius 3 is 2.80 bits per heavy atom. The Labute approximate surface area is 146 Å². The molecule has 3 heterocycles. The van der Waals surface area contributed by atoms with Crippen LogP contribution in [0.1, 0.15) is 62.5 Å². The van der Waals surface area contributed by atoms with Crippen molar-refractivity contribution in [1.29, 1.82) is 0 Å². The summed E-state index contributed by atoms with van der Waals surface area (Å²) >= 11 is 0. The molecule has 0 unspecified atom stereocenters. The summed E-state index contributed by atoms with van der Waals surface area (Å²) in [6, 6.07) is 0. The fraction of sp³-hybridized carbons (Fsp3) is 0.688. The second-order valence-corrected chi connectivity index (χ2v) is 6.69. The van der Waals surface area contributed by atoms with Crippen LogP contribution in [-0.2, 0) is 18.3 Å². The van der Waals surface area contributed by atoms with E-state index in [2.05, 4.69) is 30.9 Å². The van der Waals surface area contributed by atoms with E-state index in [1.165, 1.54) is 0 Å². The monoisotopic (exact) mass is 347 g/mol. The highest BCUT2D eigenvalue weighted by atomic mass is 16.5. The summed E-state index contributed by atoms with van der Waals surface area (Å²) in [5, 5.41) is 14.5. The molecule has 0 bridgehead atoms. The number of amides is 1. The minimum absolute atomic E-state index is 0.142. The van der Waals surface area contributed by atoms with Gasteiger partial charge in [-0.2, -0.15) is 15.1 Å². The van der Waals surface area contributed by atoms with Crippen LogP contribution in [0.2, 0.25) is 0 Å². The van der Waals surface area contributed by atoms with E-state index in [0.29, 0.717) is 30.0 Å². The molecule has 0 aromatic carbocycles. The number of carbonyl (C=O) groups is 1. The number of nitrogens with one attached hydrogen (secondary N) is 2. The molecular weight excluding hydrogens is 322 g/mol. The van der Waals surface area contributed by atoms with Crippen LogP contribution in [0.3, 0.4) is 0 Å². The highest BCUT2D eigenvalue weighted by molar-refractivity contribution is 5.89. The van der Waals surface area contributed by atoms with Gasteiger partial charge in [-0.15, -0.1) is 0 Å². The van der Waals surface area contributed by atoms with E-state index < -0.39 is 0 Å². The molecule has 3 rings (SSSR count). The average Bonchev–Trinajstić information content (AvgIpc) is 3.21. The lowest BCUT2D eigenvalue weighted by Gasteiger charge is -2.19. The van der Waals surface area contributed by atoms with Gasteiger partial charge in [0.15, 0.2) is 11.6 Å². The van der Waals surface area contributed by atoms with Crippen molar-refractivity contribution in [2.24, 2.45) is 7.05 Å². The molecule has 1 aliphatic rings. The van der Waals surface area contributed by atoms with E-state index in [9.17, 15) is 4.79 Å². The highest BCUT2D eigenvalue weighted by Gasteiger charge is 2.21. The maximum absolute atomic E-state index is 12.2. The van der Waals surface area contributed by atoms with E-state index in [0.717, 1.165) is 31.8 Å². The molecule has 0 radical (unpaired) electrons. The SMILES string of the molecule is CC(C)c1noc(CCC(=O)Nc2nc(C3CCNCC3)nn2C)n1. The predicted molar refractivity (Wildman–Crippen MR) is 91.2 cm³/mol. The number of anilines is 1. The first-order chi connectivity index (χ1) is 12.0. The third kappa shape index (κ3) is 4.41. The lowest BCUT2D eigenvalue weighted by Crippen LogP contribution is -2.27. The van der Waals surface area contributed by atoms with E-state index in [4.69, 9.17) is 4.52 Å². The van der Waals surface area contributed by atoms with Gasteiger partial charge in [0.2, 0.25) is 17.7 Å². The van der Waals surface area contributed by atoms with Crippen LogP contribution in [0, 0.1) is 0 Å². The van der Waals surface area contributed by atoms with Gasteiger partial charge in [0.1, 0.15) is 0 Å². The van der Waals surface area contributed by atoms with Crippen molar-refractivity contribution in [2.75, 3.05) is 18.4 Å². The summed E-state index contributed by atoms with van der Waals surface area (Å²) in [6.45, 7) is 5.95. The Hall–Kier alpha value is -2.29. The zero-order valence-corrected chi connectivity index (χ0v) is 14.9. The first-order valence-corrected chi connectivity index (χ1v) is 8.77. The van der Waals surface area contributed by atoms with Gasteiger partial charge < -0.3 is 9.84 Å². The van der Waals surface area contributed by atoms with Gasteiger partial charge in [0, 0.05) is 31.7 Å². The highest BCUT2D eigenvalue weighted by Crippen LogP contribution is 2.23. The molecule has 0 spiro atoms. The number of aromatic nitrogens is 5. The first kappa shape index (κ1) is 17.5. The van der Waals surface area contributed by atoms with Gasteiger partial charge in [0.25, 0.3) is 0 Å². The number of nitrogens with zero attached hydrogens (tertiary/aromatic N) is 5. The van der Waals surface area contributed by atoms with Crippen LogP contribution in [0.5, 0.6) is 0 Å². The van der Waals surface area contributed by atoms with Crippen LogP contribution < -0.4 is 10.6 Å². The summed E-state index contributed by atoms with van der Waals surface area (Å²) in [4.78, 5) is 20.9. The maximum atomic E-state index is 12.2. The second kappa shape index (κ2) is 7.73. The molecule has 1 saturated heterocycles. The topological polar surface area (TPSA) is 111 Å². The molecule has 0 atom stereocenters. The van der Waals surface area contributed by atoms with Crippen molar-refractivity contribution in [3.05, 3.63) is 17.5 Å². The summed E-state index contributed by atoms with van der Waals surface area (Å²) in [7, 11) is 1.79. The predicted octanol–water partition coefficient (Wildman–Crippen LogP) is 1.36. The maximum Gasteiger partial charge on any atom is 0.227 e. The second-order valence-electron chi connectivity index (χ2n) is 6.69. The molecule has 1 amide bonds. The third-order valence-corrected chi connectivity index (χ3v) is 4.30. The summed E-state index contributed by atoms with van der Waals surface area (Å²) in [5.74, 6) is 2.84. The molecule has 136 valence electrons. The quantitative estimate of drug-likeness (QED) is 0.811. The van der Waals surface area contributed by atoms with Gasteiger partial charge in [-0.05, 0) is 25.9 Å². The Bertz CT molecular complexity index is 716. The summed E-state index contributed by atoms with van der Waals surface area (Å²) in [5.41, 5.74) is 0. The molecule has 9 heteroatoms. The van der Waals surface area contributed by atoms with E-state index in [-0.39, 0.29) is 18.2 Å². The molecule has 2 aromatic rings. The molecule has 0 aliphatic carbocycles. The first-order valence-electron chi connectivity index (χ1n) is 8.77. The fourth-order valence-electron chi connectivity index (χ4n) is 2.78. The Balaban J connectivity index is 1.54. The van der Waals surface area contributed by atoms with Crippen LogP contribution in [0.4, 0.5) is 5.95 Å². The number of aryl methyl sites for hydroxylation is 2. The zero-order valence-electron chi connectivity index (χ0n) is 14.9.